The predicted molar refractivity (Wildman–Crippen MR) is 76.5 cm³/mol. The second-order valence-electron chi connectivity index (χ2n) is 4.06. The second-order valence-corrected chi connectivity index (χ2v) is 5.01. The summed E-state index contributed by atoms with van der Waals surface area (Å²) in [6.45, 7) is 3.30. The van der Waals surface area contributed by atoms with E-state index in [0.29, 0.717) is 6.54 Å². The summed E-state index contributed by atoms with van der Waals surface area (Å²) >= 11 is 1.45. The first-order valence-electron chi connectivity index (χ1n) is 6.10. The highest BCUT2D eigenvalue weighted by Crippen LogP contribution is 2.07. The molecule has 0 aliphatic heterocycles. The van der Waals surface area contributed by atoms with Gasteiger partial charge < -0.3 is 10.6 Å². The van der Waals surface area contributed by atoms with Gasteiger partial charge >= 0.3 is 0 Å². The Morgan fingerprint density at radius 2 is 2.26 bits per heavy atom. The van der Waals surface area contributed by atoms with Gasteiger partial charge in [0.15, 0.2) is 0 Å². The average Bonchev–Trinajstić information content (AvgIpc) is 2.92. The van der Waals surface area contributed by atoms with Crippen molar-refractivity contribution in [1.82, 2.24) is 15.3 Å². The number of nitrogens with zero attached hydrogens (tertiary/aromatic N) is 2. The van der Waals surface area contributed by atoms with Crippen molar-refractivity contribution in [2.45, 2.75) is 13.3 Å². The van der Waals surface area contributed by atoms with Crippen molar-refractivity contribution in [3.63, 3.8) is 0 Å². The third-order valence-electron chi connectivity index (χ3n) is 2.45. The fourth-order valence-corrected chi connectivity index (χ4v) is 2.19. The lowest BCUT2D eigenvalue weighted by Gasteiger charge is -2.06. The highest BCUT2D eigenvalue weighted by atomic mass is 32.1. The number of rotatable bonds is 6. The van der Waals surface area contributed by atoms with Gasteiger partial charge in [-0.15, -0.1) is 11.3 Å². The van der Waals surface area contributed by atoms with Crippen LogP contribution in [0, 0.1) is 6.92 Å². The molecule has 2 aromatic rings. The molecule has 100 valence electrons. The molecule has 2 rings (SSSR count). The number of amides is 1. The van der Waals surface area contributed by atoms with Gasteiger partial charge in [0.1, 0.15) is 5.82 Å². The molecule has 2 aromatic heterocycles. The maximum absolute atomic E-state index is 11.6. The summed E-state index contributed by atoms with van der Waals surface area (Å²) in [7, 11) is 0. The summed E-state index contributed by atoms with van der Waals surface area (Å²) in [6.07, 6.45) is 4.25. The van der Waals surface area contributed by atoms with Crippen molar-refractivity contribution < 1.29 is 4.79 Å². The quantitative estimate of drug-likeness (QED) is 0.793. The Bertz CT molecular complexity index is 527. The van der Waals surface area contributed by atoms with Crippen molar-refractivity contribution in [2.75, 3.05) is 18.4 Å². The first kappa shape index (κ1) is 13.5. The van der Waals surface area contributed by atoms with Crippen LogP contribution < -0.4 is 10.6 Å². The first-order valence-corrected chi connectivity index (χ1v) is 6.98. The van der Waals surface area contributed by atoms with E-state index < -0.39 is 0 Å². The molecule has 0 saturated carbocycles. The Morgan fingerprint density at radius 3 is 3.00 bits per heavy atom. The summed E-state index contributed by atoms with van der Waals surface area (Å²) in [5, 5.41) is 7.95. The Kier molecular flexibility index (Phi) is 4.85. The number of hydrogen-bond donors (Lipinski definition) is 2. The van der Waals surface area contributed by atoms with Crippen LogP contribution in [0.15, 0.2) is 29.9 Å². The van der Waals surface area contributed by atoms with Crippen LogP contribution in [0.25, 0.3) is 0 Å². The van der Waals surface area contributed by atoms with Gasteiger partial charge in [-0.05, 0) is 24.8 Å². The molecule has 0 aliphatic rings. The molecule has 0 unspecified atom stereocenters. The molecular formula is C13H16N4OS. The van der Waals surface area contributed by atoms with E-state index >= 15 is 0 Å². The van der Waals surface area contributed by atoms with E-state index in [1.807, 2.05) is 24.4 Å². The highest BCUT2D eigenvalue weighted by molar-refractivity contribution is 7.12. The fourth-order valence-electron chi connectivity index (χ4n) is 1.55. The molecule has 0 bridgehead atoms. The van der Waals surface area contributed by atoms with Crippen LogP contribution in [-0.4, -0.2) is 29.0 Å². The number of hydrogen-bond acceptors (Lipinski definition) is 5. The molecule has 0 aromatic carbocycles. The lowest BCUT2D eigenvalue weighted by Crippen LogP contribution is -2.25. The molecule has 19 heavy (non-hydrogen) atoms. The van der Waals surface area contributed by atoms with Gasteiger partial charge in [-0.25, -0.2) is 4.98 Å². The van der Waals surface area contributed by atoms with Gasteiger partial charge in [-0.3, -0.25) is 9.78 Å². The molecule has 2 heterocycles. The van der Waals surface area contributed by atoms with E-state index in [2.05, 4.69) is 20.6 Å². The lowest BCUT2D eigenvalue weighted by molar-refractivity contribution is 0.0957. The third-order valence-corrected chi connectivity index (χ3v) is 3.31. The van der Waals surface area contributed by atoms with E-state index in [-0.39, 0.29) is 5.91 Å². The minimum Gasteiger partial charge on any atom is -0.369 e. The Hall–Kier alpha value is -1.95. The second kappa shape index (κ2) is 6.84. The summed E-state index contributed by atoms with van der Waals surface area (Å²) in [5.74, 6) is 0.759. The van der Waals surface area contributed by atoms with Crippen LogP contribution in [0.3, 0.4) is 0 Å². The monoisotopic (exact) mass is 276 g/mol. The van der Waals surface area contributed by atoms with Gasteiger partial charge in [0.2, 0.25) is 0 Å². The predicted octanol–water partition coefficient (Wildman–Crippen LogP) is 2.08. The molecule has 0 radical (unpaired) electrons. The molecule has 5 nitrogen and oxygen atoms in total. The van der Waals surface area contributed by atoms with E-state index in [9.17, 15) is 4.79 Å². The number of thiophene rings is 1. The van der Waals surface area contributed by atoms with Crippen LogP contribution >= 0.6 is 11.3 Å². The highest BCUT2D eigenvalue weighted by Gasteiger charge is 2.04. The average molecular weight is 276 g/mol. The van der Waals surface area contributed by atoms with Crippen LogP contribution in [0.2, 0.25) is 0 Å². The molecular weight excluding hydrogens is 260 g/mol. The number of carbonyl (C=O) groups excluding carboxylic acids is 1. The van der Waals surface area contributed by atoms with Gasteiger partial charge in [0, 0.05) is 19.3 Å². The molecule has 2 N–H and O–H groups in total. The van der Waals surface area contributed by atoms with E-state index in [4.69, 9.17) is 0 Å². The Labute approximate surface area is 116 Å². The van der Waals surface area contributed by atoms with Crippen LogP contribution in [0.1, 0.15) is 21.8 Å². The Balaban J connectivity index is 1.64. The normalized spacial score (nSPS) is 10.2. The van der Waals surface area contributed by atoms with E-state index in [1.165, 1.54) is 11.3 Å². The number of anilines is 1. The molecule has 0 spiro atoms. The third kappa shape index (κ3) is 4.33. The maximum Gasteiger partial charge on any atom is 0.261 e. The fraction of sp³-hybridized carbons (Fsp3) is 0.308. The van der Waals surface area contributed by atoms with E-state index in [1.54, 1.807) is 12.4 Å². The van der Waals surface area contributed by atoms with Crippen molar-refractivity contribution in [1.29, 1.82) is 0 Å². The number of aryl methyl sites for hydroxylation is 1. The van der Waals surface area contributed by atoms with Gasteiger partial charge in [0.25, 0.3) is 5.91 Å². The molecule has 0 saturated heterocycles. The van der Waals surface area contributed by atoms with E-state index in [0.717, 1.165) is 29.4 Å². The molecule has 0 aliphatic carbocycles. The smallest absolute Gasteiger partial charge is 0.261 e. The summed E-state index contributed by atoms with van der Waals surface area (Å²) < 4.78 is 0. The zero-order chi connectivity index (χ0) is 13.5. The first-order chi connectivity index (χ1) is 9.25. The number of aromatic nitrogens is 2. The van der Waals surface area contributed by atoms with Crippen molar-refractivity contribution in [2.24, 2.45) is 0 Å². The molecule has 1 amide bonds. The summed E-state index contributed by atoms with van der Waals surface area (Å²) in [5.41, 5.74) is 0.885. The minimum absolute atomic E-state index is 0.00894. The zero-order valence-electron chi connectivity index (χ0n) is 10.7. The van der Waals surface area contributed by atoms with Crippen molar-refractivity contribution in [3.8, 4) is 0 Å². The van der Waals surface area contributed by atoms with Crippen LogP contribution in [0.4, 0.5) is 5.82 Å². The zero-order valence-corrected chi connectivity index (χ0v) is 11.5. The SMILES string of the molecule is Cc1cncc(NCCCNC(=O)c2cccs2)n1. The van der Waals surface area contributed by atoms with Crippen LogP contribution in [0.5, 0.6) is 0 Å². The molecule has 6 heteroatoms. The molecule has 0 atom stereocenters. The summed E-state index contributed by atoms with van der Waals surface area (Å²) in [4.78, 5) is 20.7. The van der Waals surface area contributed by atoms with Gasteiger partial charge in [-0.2, -0.15) is 0 Å². The standard InChI is InChI=1S/C13H16N4OS/c1-10-8-14-9-12(17-10)15-5-3-6-16-13(18)11-4-2-7-19-11/h2,4,7-9H,3,5-6H2,1H3,(H,15,17)(H,16,18). The van der Waals surface area contributed by atoms with Crippen LogP contribution in [-0.2, 0) is 0 Å². The number of nitrogens with one attached hydrogen (secondary N) is 2. The van der Waals surface area contributed by atoms with Gasteiger partial charge in [-0.1, -0.05) is 6.07 Å². The van der Waals surface area contributed by atoms with Crippen molar-refractivity contribution in [3.05, 3.63) is 40.5 Å². The summed E-state index contributed by atoms with van der Waals surface area (Å²) in [6, 6.07) is 3.69. The Morgan fingerprint density at radius 1 is 1.37 bits per heavy atom. The van der Waals surface area contributed by atoms with Crippen molar-refractivity contribution >= 4 is 23.1 Å². The largest absolute Gasteiger partial charge is 0.369 e. The maximum atomic E-state index is 11.6. The minimum atomic E-state index is -0.00894. The van der Waals surface area contributed by atoms with Gasteiger partial charge in [0.05, 0.1) is 16.8 Å². The number of carbonyl (C=O) groups is 1. The molecule has 0 fully saturated rings. The topological polar surface area (TPSA) is 66.9 Å². The lowest BCUT2D eigenvalue weighted by atomic mass is 10.4.